The van der Waals surface area contributed by atoms with Crippen molar-refractivity contribution in [2.45, 2.75) is 18.7 Å². The van der Waals surface area contributed by atoms with E-state index in [1.807, 2.05) is 111 Å². The van der Waals surface area contributed by atoms with Crippen molar-refractivity contribution in [1.29, 1.82) is 0 Å². The number of carbonyl (C=O) groups is 1. The fraction of sp³-hybridized carbons (Fsp3) is 0.257. The zero-order chi connectivity index (χ0) is 32.2. The molecule has 0 atom stereocenters. The number of rotatable bonds is 9. The van der Waals surface area contributed by atoms with Gasteiger partial charge in [-0.1, -0.05) is 54.2 Å². The number of para-hydroxylation sites is 1. The molecule has 0 radical (unpaired) electrons. The van der Waals surface area contributed by atoms with Crippen molar-refractivity contribution in [3.05, 3.63) is 107 Å². The van der Waals surface area contributed by atoms with E-state index < -0.39 is 6.09 Å². The summed E-state index contributed by atoms with van der Waals surface area (Å²) in [6.45, 7) is 4.21. The van der Waals surface area contributed by atoms with Crippen molar-refractivity contribution in [2.24, 2.45) is 0 Å². The number of carbonyl (C=O) groups excluding carboxylic acids is 1. The molecule has 3 heterocycles. The molecule has 1 aliphatic heterocycles. The van der Waals surface area contributed by atoms with Crippen LogP contribution < -0.4 is 20.1 Å². The summed E-state index contributed by atoms with van der Waals surface area (Å²) in [4.78, 5) is 42.8. The lowest BCUT2D eigenvalue weighted by molar-refractivity contribution is 0.147. The Morgan fingerprint density at radius 2 is 1.76 bits per heavy atom. The van der Waals surface area contributed by atoms with Crippen LogP contribution >= 0.6 is 11.8 Å². The van der Waals surface area contributed by atoms with E-state index in [9.17, 15) is 9.59 Å². The van der Waals surface area contributed by atoms with Crippen LogP contribution in [-0.2, 0) is 11.3 Å². The zero-order valence-electron chi connectivity index (χ0n) is 26.3. The number of hydrogen-bond acceptors (Lipinski definition) is 9. The summed E-state index contributed by atoms with van der Waals surface area (Å²) in [6.07, 6.45) is 3.23. The number of fused-ring (bicyclic) bond motifs is 2. The average Bonchev–Trinajstić information content (AvgIpc) is 3.07. The summed E-state index contributed by atoms with van der Waals surface area (Å²) < 4.78 is 13.2. The van der Waals surface area contributed by atoms with Crippen LogP contribution in [0.4, 0.5) is 21.9 Å². The molecule has 10 nitrogen and oxygen atoms in total. The Hall–Kier alpha value is -4.87. The Bertz CT molecular complexity index is 1910. The van der Waals surface area contributed by atoms with Crippen LogP contribution in [0, 0.1) is 6.92 Å². The van der Waals surface area contributed by atoms with Crippen LogP contribution in [0.5, 0.6) is 5.75 Å². The van der Waals surface area contributed by atoms with E-state index in [-0.39, 0.29) is 12.2 Å². The fourth-order valence-electron chi connectivity index (χ4n) is 5.51. The van der Waals surface area contributed by atoms with Gasteiger partial charge in [-0.3, -0.25) is 14.3 Å². The molecule has 0 unspecified atom stereocenters. The van der Waals surface area contributed by atoms with Gasteiger partial charge in [0.15, 0.2) is 10.8 Å². The van der Waals surface area contributed by atoms with Crippen LogP contribution in [0.3, 0.4) is 0 Å². The van der Waals surface area contributed by atoms with Crippen LogP contribution in [0.1, 0.15) is 11.1 Å². The largest absolute Gasteiger partial charge is 0.492 e. The molecule has 46 heavy (non-hydrogen) atoms. The molecule has 1 aliphatic rings. The van der Waals surface area contributed by atoms with Crippen molar-refractivity contribution in [3.8, 4) is 11.4 Å². The minimum absolute atomic E-state index is 0.175. The number of aromatic nitrogens is 3. The molecule has 0 N–H and O–H groups in total. The number of hydrogen-bond donors (Lipinski definition) is 0. The minimum atomic E-state index is -0.430. The number of amides is 1. The van der Waals surface area contributed by atoms with Gasteiger partial charge in [0.2, 0.25) is 0 Å². The molecule has 2 aromatic heterocycles. The van der Waals surface area contributed by atoms with Crippen LogP contribution in [0.25, 0.3) is 16.7 Å². The normalized spacial score (nSPS) is 12.8. The lowest BCUT2D eigenvalue weighted by Gasteiger charge is -2.38. The number of nitrogens with zero attached hydrogens (tertiary/aromatic N) is 6. The summed E-state index contributed by atoms with van der Waals surface area (Å²) >= 11 is 1.42. The molecule has 5 aromatic rings. The number of ether oxygens (including phenoxy) is 2. The maximum atomic E-state index is 14.5. The standard InChI is InChI=1S/C35H36N6O4S/c1-24-9-8-12-29-31(24)40(35(43)45-23-25-10-6-5-7-11-25)18-17-39(29)30-21-26-22-36-34(46-4)37-32(26)41(33(30)42)27-13-15-28(16-14-27)44-20-19-38(2)3/h5-16,21-22H,17-20,23H2,1-4H3. The van der Waals surface area contributed by atoms with Gasteiger partial charge in [0.05, 0.1) is 17.1 Å². The quantitative estimate of drug-likeness (QED) is 0.142. The molecule has 3 aromatic carbocycles. The van der Waals surface area contributed by atoms with E-state index in [0.717, 1.165) is 34.5 Å². The summed E-state index contributed by atoms with van der Waals surface area (Å²) in [5.74, 6) is 0.721. The Morgan fingerprint density at radius 1 is 0.978 bits per heavy atom. The minimum Gasteiger partial charge on any atom is -0.492 e. The van der Waals surface area contributed by atoms with Gasteiger partial charge < -0.3 is 19.3 Å². The van der Waals surface area contributed by atoms with Crippen LogP contribution in [0.15, 0.2) is 95.0 Å². The first-order valence-electron chi connectivity index (χ1n) is 15.0. The third-order valence-electron chi connectivity index (χ3n) is 7.83. The molecule has 0 saturated heterocycles. The van der Waals surface area contributed by atoms with Crippen molar-refractivity contribution >= 4 is 46.0 Å². The number of aryl methyl sites for hydroxylation is 1. The van der Waals surface area contributed by atoms with Gasteiger partial charge >= 0.3 is 6.09 Å². The van der Waals surface area contributed by atoms with Crippen molar-refractivity contribution in [3.63, 3.8) is 0 Å². The molecule has 0 fully saturated rings. The first-order chi connectivity index (χ1) is 22.3. The molecule has 0 aliphatic carbocycles. The molecule has 11 heteroatoms. The van der Waals surface area contributed by atoms with Gasteiger partial charge in [-0.15, -0.1) is 0 Å². The van der Waals surface area contributed by atoms with Crippen molar-refractivity contribution in [2.75, 3.05) is 56.4 Å². The van der Waals surface area contributed by atoms with Crippen LogP contribution in [-0.4, -0.2) is 72.1 Å². The highest BCUT2D eigenvalue weighted by Crippen LogP contribution is 2.40. The summed E-state index contributed by atoms with van der Waals surface area (Å²) in [5.41, 5.74) is 4.69. The Morgan fingerprint density at radius 3 is 2.50 bits per heavy atom. The van der Waals surface area contributed by atoms with Gasteiger partial charge in [0, 0.05) is 31.2 Å². The molecule has 236 valence electrons. The smallest absolute Gasteiger partial charge is 0.414 e. The van der Waals surface area contributed by atoms with Gasteiger partial charge in [-0.25, -0.2) is 14.8 Å². The van der Waals surface area contributed by atoms with Gasteiger partial charge in [0.25, 0.3) is 5.56 Å². The second kappa shape index (κ2) is 13.6. The lowest BCUT2D eigenvalue weighted by atomic mass is 10.1. The molecule has 0 saturated carbocycles. The predicted octanol–water partition coefficient (Wildman–Crippen LogP) is 6.05. The third-order valence-corrected chi connectivity index (χ3v) is 8.39. The highest BCUT2D eigenvalue weighted by Gasteiger charge is 2.32. The number of benzene rings is 3. The average molecular weight is 637 g/mol. The van der Waals surface area contributed by atoms with E-state index in [4.69, 9.17) is 14.5 Å². The monoisotopic (exact) mass is 636 g/mol. The van der Waals surface area contributed by atoms with Crippen LogP contribution in [0.2, 0.25) is 0 Å². The maximum Gasteiger partial charge on any atom is 0.414 e. The summed E-state index contributed by atoms with van der Waals surface area (Å²) in [7, 11) is 4.00. The van der Waals surface area contributed by atoms with Gasteiger partial charge in [-0.05, 0) is 74.8 Å². The first-order valence-corrected chi connectivity index (χ1v) is 16.3. The van der Waals surface area contributed by atoms with E-state index in [2.05, 4.69) is 9.88 Å². The fourth-order valence-corrected chi connectivity index (χ4v) is 5.85. The van der Waals surface area contributed by atoms with Gasteiger partial charge in [-0.2, -0.15) is 0 Å². The highest BCUT2D eigenvalue weighted by atomic mass is 32.2. The molecule has 6 rings (SSSR count). The predicted molar refractivity (Wildman–Crippen MR) is 183 cm³/mol. The molecular weight excluding hydrogens is 600 g/mol. The van der Waals surface area contributed by atoms with Crippen molar-refractivity contribution < 1.29 is 14.3 Å². The first kappa shape index (κ1) is 31.1. The van der Waals surface area contributed by atoms with E-state index >= 15 is 0 Å². The molecule has 1 amide bonds. The number of pyridine rings is 1. The summed E-state index contributed by atoms with van der Waals surface area (Å²) in [6, 6.07) is 24.7. The maximum absolute atomic E-state index is 14.5. The zero-order valence-corrected chi connectivity index (χ0v) is 27.2. The number of anilines is 3. The SMILES string of the molecule is CSc1ncc2cc(N3CCN(C(=O)OCc4ccccc4)c4c(C)cccc43)c(=O)n(-c3ccc(OCCN(C)C)cc3)c2n1. The highest BCUT2D eigenvalue weighted by molar-refractivity contribution is 7.98. The lowest BCUT2D eigenvalue weighted by Crippen LogP contribution is -2.44. The van der Waals surface area contributed by atoms with E-state index in [1.54, 1.807) is 15.7 Å². The molecule has 0 bridgehead atoms. The van der Waals surface area contributed by atoms with Gasteiger partial charge in [0.1, 0.15) is 24.7 Å². The Labute approximate surface area is 272 Å². The Balaban J connectivity index is 1.39. The second-order valence-electron chi connectivity index (χ2n) is 11.2. The third kappa shape index (κ3) is 6.42. The van der Waals surface area contributed by atoms with Crippen molar-refractivity contribution in [1.82, 2.24) is 19.4 Å². The topological polar surface area (TPSA) is 93.0 Å². The molecule has 0 spiro atoms. The number of likely N-dealkylation sites (N-methyl/N-ethyl adjacent to an activating group) is 1. The Kier molecular flexibility index (Phi) is 9.23. The summed E-state index contributed by atoms with van der Waals surface area (Å²) in [5, 5.41) is 1.29. The number of thioether (sulfide) groups is 1. The molecular formula is C35H36N6O4S. The van der Waals surface area contributed by atoms with E-state index in [1.165, 1.54) is 11.8 Å². The second-order valence-corrected chi connectivity index (χ2v) is 12.0. The van der Waals surface area contributed by atoms with E-state index in [0.29, 0.717) is 47.6 Å².